The molecule has 0 atom stereocenters. The molecule has 3 nitrogen and oxygen atoms in total. The molecule has 150 valence electrons. The number of ketones is 1. The summed E-state index contributed by atoms with van der Waals surface area (Å²) >= 11 is 0. The standard InChI is InChI=1S/C28H21NO2/c1-19-16-25-23(17-22-14-8-9-15-24(22)25)18-29(19)26(27(30)20-10-4-2-5-11-20)28(31)21-12-6-3-7-13-21/h2-16,18H,17H2,1H3/p+1. The summed E-state index contributed by atoms with van der Waals surface area (Å²) in [6.07, 6.45) is 2.81. The van der Waals surface area contributed by atoms with E-state index in [-0.39, 0.29) is 17.2 Å². The average Bonchev–Trinajstić information content (AvgIpc) is 3.17. The third kappa shape index (κ3) is 3.34. The lowest BCUT2D eigenvalue weighted by Gasteiger charge is -2.10. The molecule has 0 fully saturated rings. The van der Waals surface area contributed by atoms with Gasteiger partial charge in [-0.05, 0) is 16.7 Å². The number of aliphatic hydroxyl groups excluding tert-OH is 1. The highest BCUT2D eigenvalue weighted by Crippen LogP contribution is 2.36. The van der Waals surface area contributed by atoms with Crippen LogP contribution in [0.4, 0.5) is 0 Å². The number of nitrogens with zero attached hydrogens (tertiary/aromatic N) is 1. The molecule has 0 saturated carbocycles. The number of carbonyl (C=O) groups is 1. The van der Waals surface area contributed by atoms with Crippen LogP contribution in [0.15, 0.2) is 97.2 Å². The summed E-state index contributed by atoms with van der Waals surface area (Å²) in [5.74, 6) is -0.247. The number of benzene rings is 3. The predicted molar refractivity (Wildman–Crippen MR) is 123 cm³/mol. The molecule has 0 amide bonds. The van der Waals surface area contributed by atoms with Gasteiger partial charge in [0.1, 0.15) is 0 Å². The van der Waals surface area contributed by atoms with Gasteiger partial charge in [0.05, 0.1) is 0 Å². The Hall–Kier alpha value is -3.98. The van der Waals surface area contributed by atoms with Crippen molar-refractivity contribution in [1.82, 2.24) is 0 Å². The lowest BCUT2D eigenvalue weighted by molar-refractivity contribution is -0.584. The molecule has 0 radical (unpaired) electrons. The Bertz CT molecular complexity index is 1320. The van der Waals surface area contributed by atoms with Gasteiger partial charge in [-0.2, -0.15) is 4.57 Å². The number of rotatable bonds is 4. The van der Waals surface area contributed by atoms with Crippen LogP contribution in [-0.4, -0.2) is 10.9 Å². The summed E-state index contributed by atoms with van der Waals surface area (Å²) in [5.41, 5.74) is 7.14. The highest BCUT2D eigenvalue weighted by molar-refractivity contribution is 6.26. The number of carbonyl (C=O) groups excluding carboxylic acids is 1. The Labute approximate surface area is 181 Å². The maximum atomic E-state index is 13.6. The molecule has 0 aliphatic heterocycles. The largest absolute Gasteiger partial charge is 0.502 e. The van der Waals surface area contributed by atoms with Crippen LogP contribution in [0, 0.1) is 6.92 Å². The van der Waals surface area contributed by atoms with Crippen molar-refractivity contribution in [1.29, 1.82) is 0 Å². The van der Waals surface area contributed by atoms with Crippen molar-refractivity contribution >= 4 is 17.2 Å². The summed E-state index contributed by atoms with van der Waals surface area (Å²) < 4.78 is 1.84. The van der Waals surface area contributed by atoms with Crippen molar-refractivity contribution in [2.45, 2.75) is 13.3 Å². The first-order chi connectivity index (χ1) is 15.1. The van der Waals surface area contributed by atoms with E-state index in [1.165, 1.54) is 16.7 Å². The van der Waals surface area contributed by atoms with E-state index in [4.69, 9.17) is 0 Å². The Kier molecular flexibility index (Phi) is 4.72. The van der Waals surface area contributed by atoms with Gasteiger partial charge in [0.2, 0.25) is 0 Å². The summed E-state index contributed by atoms with van der Waals surface area (Å²) in [7, 11) is 0. The van der Waals surface area contributed by atoms with Crippen molar-refractivity contribution in [3.8, 4) is 11.1 Å². The zero-order valence-corrected chi connectivity index (χ0v) is 17.2. The topological polar surface area (TPSA) is 41.2 Å². The lowest BCUT2D eigenvalue weighted by Crippen LogP contribution is -2.40. The average molecular weight is 404 g/mol. The molecule has 1 aromatic heterocycles. The van der Waals surface area contributed by atoms with Crippen molar-refractivity contribution in [2.24, 2.45) is 0 Å². The van der Waals surface area contributed by atoms with Crippen molar-refractivity contribution in [3.63, 3.8) is 0 Å². The van der Waals surface area contributed by atoms with Gasteiger partial charge in [-0.3, -0.25) is 4.79 Å². The van der Waals surface area contributed by atoms with Gasteiger partial charge in [0.25, 0.3) is 5.78 Å². The number of hydrogen-bond donors (Lipinski definition) is 1. The Morgan fingerprint density at radius 1 is 0.774 bits per heavy atom. The summed E-state index contributed by atoms with van der Waals surface area (Å²) in [6.45, 7) is 1.97. The first kappa shape index (κ1) is 19.0. The predicted octanol–water partition coefficient (Wildman–Crippen LogP) is 5.62. The molecule has 31 heavy (non-hydrogen) atoms. The van der Waals surface area contributed by atoms with Crippen LogP contribution in [0.1, 0.15) is 32.7 Å². The van der Waals surface area contributed by atoms with Crippen LogP contribution in [0.3, 0.4) is 0 Å². The molecular weight excluding hydrogens is 382 g/mol. The molecule has 1 N–H and O–H groups in total. The third-order valence-corrected chi connectivity index (χ3v) is 5.82. The lowest BCUT2D eigenvalue weighted by atomic mass is 10.0. The zero-order valence-electron chi connectivity index (χ0n) is 17.2. The second kappa shape index (κ2) is 7.69. The normalized spacial score (nSPS) is 12.7. The number of pyridine rings is 1. The van der Waals surface area contributed by atoms with Crippen LogP contribution in [-0.2, 0) is 6.42 Å². The Morgan fingerprint density at radius 3 is 2.10 bits per heavy atom. The minimum absolute atomic E-state index is 0.0296. The Morgan fingerprint density at radius 2 is 1.39 bits per heavy atom. The van der Waals surface area contributed by atoms with E-state index in [9.17, 15) is 9.90 Å². The summed E-state index contributed by atoms with van der Waals surface area (Å²) in [6, 6.07) is 28.8. The fraction of sp³-hybridized carbons (Fsp3) is 0.0714. The van der Waals surface area contributed by atoms with Crippen molar-refractivity contribution < 1.29 is 14.5 Å². The van der Waals surface area contributed by atoms with E-state index >= 15 is 0 Å². The molecule has 4 aromatic rings. The van der Waals surface area contributed by atoms with Gasteiger partial charge in [-0.25, -0.2) is 0 Å². The van der Waals surface area contributed by atoms with Gasteiger partial charge in [0.15, 0.2) is 17.6 Å². The second-order valence-corrected chi connectivity index (χ2v) is 7.82. The fourth-order valence-electron chi connectivity index (χ4n) is 4.26. The van der Waals surface area contributed by atoms with Gasteiger partial charge >= 0.3 is 5.70 Å². The van der Waals surface area contributed by atoms with E-state index in [0.29, 0.717) is 11.1 Å². The van der Waals surface area contributed by atoms with Crippen molar-refractivity contribution in [2.75, 3.05) is 0 Å². The number of fused-ring (bicyclic) bond motifs is 3. The fourth-order valence-corrected chi connectivity index (χ4v) is 4.26. The van der Waals surface area contributed by atoms with Gasteiger partial charge in [-0.15, -0.1) is 0 Å². The Balaban J connectivity index is 1.72. The molecule has 5 rings (SSSR count). The monoisotopic (exact) mass is 404 g/mol. The van der Waals surface area contributed by atoms with E-state index in [2.05, 4.69) is 30.3 Å². The maximum Gasteiger partial charge on any atom is 0.301 e. The number of allylic oxidation sites excluding steroid dienone is 1. The molecule has 0 spiro atoms. The molecule has 0 unspecified atom stereocenters. The molecule has 3 heteroatoms. The first-order valence-electron chi connectivity index (χ1n) is 10.4. The van der Waals surface area contributed by atoms with E-state index in [0.717, 1.165) is 17.7 Å². The highest BCUT2D eigenvalue weighted by atomic mass is 16.3. The van der Waals surface area contributed by atoms with Gasteiger partial charge < -0.3 is 5.11 Å². The number of aryl methyl sites for hydroxylation is 1. The SMILES string of the molecule is Cc1cc2c(c[n+]1/C(C(=O)c1ccccc1)=C(\O)c1ccccc1)Cc1ccccc1-2. The minimum Gasteiger partial charge on any atom is -0.502 e. The van der Waals surface area contributed by atoms with Crippen LogP contribution >= 0.6 is 0 Å². The third-order valence-electron chi connectivity index (χ3n) is 5.82. The first-order valence-corrected chi connectivity index (χ1v) is 10.4. The van der Waals surface area contributed by atoms with Gasteiger partial charge in [0, 0.05) is 36.1 Å². The molecule has 1 aliphatic carbocycles. The maximum absolute atomic E-state index is 13.6. The molecule has 1 heterocycles. The summed E-state index contributed by atoms with van der Waals surface area (Å²) in [4.78, 5) is 13.6. The molecule has 0 saturated heterocycles. The number of Topliss-reactive ketones (excluding diaryl/α,β-unsaturated/α-hetero) is 1. The minimum atomic E-state index is -0.217. The smallest absolute Gasteiger partial charge is 0.301 e. The van der Waals surface area contributed by atoms with Crippen LogP contribution in [0.5, 0.6) is 0 Å². The number of hydrogen-bond acceptors (Lipinski definition) is 2. The molecule has 0 bridgehead atoms. The van der Waals surface area contributed by atoms with Crippen LogP contribution in [0.2, 0.25) is 0 Å². The van der Waals surface area contributed by atoms with Crippen molar-refractivity contribution in [3.05, 3.63) is 125 Å². The highest BCUT2D eigenvalue weighted by Gasteiger charge is 2.32. The second-order valence-electron chi connectivity index (χ2n) is 7.82. The van der Waals surface area contributed by atoms with Crippen LogP contribution in [0.25, 0.3) is 22.6 Å². The zero-order chi connectivity index (χ0) is 21.4. The molecule has 3 aromatic carbocycles. The molecular formula is C28H22NO2+. The number of aliphatic hydroxyl groups is 1. The van der Waals surface area contributed by atoms with Gasteiger partial charge in [-0.1, -0.05) is 84.9 Å². The summed E-state index contributed by atoms with van der Waals surface area (Å²) in [5, 5.41) is 11.2. The van der Waals surface area contributed by atoms with E-state index < -0.39 is 0 Å². The van der Waals surface area contributed by atoms with E-state index in [1.807, 2.05) is 66.2 Å². The quantitative estimate of drug-likeness (QED) is 0.183. The van der Waals surface area contributed by atoms with E-state index in [1.54, 1.807) is 12.1 Å². The van der Waals surface area contributed by atoms with Crippen LogP contribution < -0.4 is 4.57 Å². The molecule has 1 aliphatic rings. The number of aromatic nitrogens is 1.